The molecule has 0 aliphatic heterocycles. The molecule has 218 valence electrons. The van der Waals surface area contributed by atoms with E-state index >= 15 is 0 Å². The second kappa shape index (κ2) is 12.9. The first kappa shape index (κ1) is 28.8. The second-order valence-electron chi connectivity index (χ2n) is 10.3. The zero-order chi connectivity index (χ0) is 29.6. The molecule has 0 bridgehead atoms. The summed E-state index contributed by atoms with van der Waals surface area (Å²) in [6, 6.07) is 33.6. The van der Waals surface area contributed by atoms with Gasteiger partial charge in [0.25, 0.3) is 10.0 Å². The summed E-state index contributed by atoms with van der Waals surface area (Å²) in [6.07, 6.45) is 0.801. The Balaban J connectivity index is 1.00. The van der Waals surface area contributed by atoms with Gasteiger partial charge >= 0.3 is 0 Å². The molecular weight excluding hydrogens is 579 g/mol. The highest BCUT2D eigenvalue weighted by Crippen LogP contribution is 2.29. The SMILES string of the molecule is O=S(=O)(Nc1ccc(CCNC[C@H](O)c2ccccc2)cc1)c1ccc(Cc2nc(-c3cc4ccccc4o3)cs2)cc1. The number of nitrogens with zero attached hydrogens (tertiary/aromatic N) is 1. The standard InChI is InChI=1S/C34H31N3O4S2/c38-31(26-6-2-1-3-7-26)22-35-19-18-24-10-14-28(15-11-24)37-43(39,40)29-16-12-25(13-17-29)20-34-36-30(23-42-34)33-21-27-8-4-5-9-32(27)41-33/h1-17,21,23,31,35,37-38H,18-20,22H2/t31-/m0/s1. The Morgan fingerprint density at radius 1 is 0.860 bits per heavy atom. The quantitative estimate of drug-likeness (QED) is 0.132. The van der Waals surface area contributed by atoms with E-state index < -0.39 is 16.1 Å². The Hall–Kier alpha value is -4.28. The second-order valence-corrected chi connectivity index (χ2v) is 12.9. The van der Waals surface area contributed by atoms with E-state index in [0.29, 0.717) is 25.2 Å². The van der Waals surface area contributed by atoms with Crippen LogP contribution in [0.25, 0.3) is 22.4 Å². The molecule has 6 aromatic rings. The van der Waals surface area contributed by atoms with Crippen molar-refractivity contribution in [2.24, 2.45) is 0 Å². The fourth-order valence-corrected chi connectivity index (χ4v) is 6.67. The molecule has 0 amide bonds. The largest absolute Gasteiger partial charge is 0.454 e. The van der Waals surface area contributed by atoms with Gasteiger partial charge in [-0.25, -0.2) is 13.4 Å². The predicted molar refractivity (Wildman–Crippen MR) is 172 cm³/mol. The summed E-state index contributed by atoms with van der Waals surface area (Å²) in [4.78, 5) is 4.93. The van der Waals surface area contributed by atoms with Gasteiger partial charge in [0.15, 0.2) is 5.76 Å². The first-order chi connectivity index (χ1) is 20.9. The molecule has 0 spiro atoms. The fraction of sp³-hybridized carbons (Fsp3) is 0.147. The highest BCUT2D eigenvalue weighted by atomic mass is 32.2. The molecule has 0 saturated heterocycles. The molecule has 2 heterocycles. The van der Waals surface area contributed by atoms with Crippen LogP contribution in [0.2, 0.25) is 0 Å². The van der Waals surface area contributed by atoms with E-state index in [-0.39, 0.29) is 4.90 Å². The Bertz CT molecular complexity index is 1870. The Morgan fingerprint density at radius 2 is 1.58 bits per heavy atom. The lowest BCUT2D eigenvalue weighted by Crippen LogP contribution is -2.23. The van der Waals surface area contributed by atoms with Crippen LogP contribution >= 0.6 is 11.3 Å². The van der Waals surface area contributed by atoms with Crippen LogP contribution < -0.4 is 10.0 Å². The maximum Gasteiger partial charge on any atom is 0.261 e. The van der Waals surface area contributed by atoms with Crippen LogP contribution in [0.5, 0.6) is 0 Å². The van der Waals surface area contributed by atoms with Crippen molar-refractivity contribution in [1.29, 1.82) is 0 Å². The summed E-state index contributed by atoms with van der Waals surface area (Å²) in [5.74, 6) is 0.736. The van der Waals surface area contributed by atoms with Crippen LogP contribution in [0, 0.1) is 0 Å². The average molecular weight is 610 g/mol. The minimum Gasteiger partial charge on any atom is -0.454 e. The lowest BCUT2D eigenvalue weighted by Gasteiger charge is -2.12. The van der Waals surface area contributed by atoms with Gasteiger partial charge < -0.3 is 14.8 Å². The number of sulfonamides is 1. The van der Waals surface area contributed by atoms with E-state index in [4.69, 9.17) is 9.40 Å². The van der Waals surface area contributed by atoms with Crippen molar-refractivity contribution < 1.29 is 17.9 Å². The Labute approximate surface area is 254 Å². The van der Waals surface area contributed by atoms with Crippen molar-refractivity contribution >= 4 is 38.0 Å². The van der Waals surface area contributed by atoms with Gasteiger partial charge in [-0.05, 0) is 66.1 Å². The van der Waals surface area contributed by atoms with Gasteiger partial charge in [0, 0.05) is 29.4 Å². The van der Waals surface area contributed by atoms with Crippen molar-refractivity contribution in [1.82, 2.24) is 10.3 Å². The number of aliphatic hydroxyl groups is 1. The number of nitrogens with one attached hydrogen (secondary N) is 2. The molecule has 0 radical (unpaired) electrons. The first-order valence-electron chi connectivity index (χ1n) is 14.0. The van der Waals surface area contributed by atoms with Crippen molar-refractivity contribution in [3.63, 3.8) is 0 Å². The molecule has 1 atom stereocenters. The third-order valence-electron chi connectivity index (χ3n) is 7.14. The lowest BCUT2D eigenvalue weighted by molar-refractivity contribution is 0.175. The van der Waals surface area contributed by atoms with E-state index in [1.54, 1.807) is 35.6 Å². The summed E-state index contributed by atoms with van der Waals surface area (Å²) in [7, 11) is -3.73. The van der Waals surface area contributed by atoms with Crippen molar-refractivity contribution in [2.45, 2.75) is 23.8 Å². The molecule has 4 aromatic carbocycles. The van der Waals surface area contributed by atoms with Crippen LogP contribution in [-0.2, 0) is 22.9 Å². The first-order valence-corrected chi connectivity index (χ1v) is 16.4. The molecule has 0 saturated carbocycles. The van der Waals surface area contributed by atoms with Crippen molar-refractivity contribution in [2.75, 3.05) is 17.8 Å². The van der Waals surface area contributed by atoms with Gasteiger partial charge in [-0.3, -0.25) is 4.72 Å². The molecule has 0 fully saturated rings. The zero-order valence-corrected chi connectivity index (χ0v) is 24.9. The number of furan rings is 1. The van der Waals surface area contributed by atoms with E-state index in [2.05, 4.69) is 10.0 Å². The summed E-state index contributed by atoms with van der Waals surface area (Å²) in [5.41, 5.74) is 5.05. The average Bonchev–Trinajstić information content (AvgIpc) is 3.68. The molecule has 0 aliphatic carbocycles. The fourth-order valence-electron chi connectivity index (χ4n) is 4.79. The van der Waals surface area contributed by atoms with Crippen LogP contribution in [0.4, 0.5) is 5.69 Å². The van der Waals surface area contributed by atoms with Gasteiger partial charge in [0.1, 0.15) is 11.3 Å². The highest BCUT2D eigenvalue weighted by Gasteiger charge is 2.15. The number of hydrogen-bond acceptors (Lipinski definition) is 7. The summed E-state index contributed by atoms with van der Waals surface area (Å²) >= 11 is 1.55. The minimum atomic E-state index is -3.73. The third-order valence-corrected chi connectivity index (χ3v) is 9.38. The maximum absolute atomic E-state index is 13.0. The van der Waals surface area contributed by atoms with E-state index in [1.165, 1.54) is 0 Å². The normalized spacial score (nSPS) is 12.4. The number of thiazole rings is 1. The van der Waals surface area contributed by atoms with Gasteiger partial charge in [-0.2, -0.15) is 0 Å². The smallest absolute Gasteiger partial charge is 0.261 e. The molecular formula is C34H31N3O4S2. The number of aromatic nitrogens is 1. The minimum absolute atomic E-state index is 0.198. The highest BCUT2D eigenvalue weighted by molar-refractivity contribution is 7.92. The van der Waals surface area contributed by atoms with Crippen molar-refractivity contribution in [3.05, 3.63) is 136 Å². The number of anilines is 1. The monoisotopic (exact) mass is 609 g/mol. The molecule has 0 aliphatic rings. The van der Waals surface area contributed by atoms with Gasteiger partial charge in [0.05, 0.1) is 16.0 Å². The van der Waals surface area contributed by atoms with Crippen LogP contribution in [0.15, 0.2) is 124 Å². The number of benzene rings is 4. The summed E-state index contributed by atoms with van der Waals surface area (Å²) < 4.78 is 34.6. The number of rotatable bonds is 12. The molecule has 9 heteroatoms. The number of aliphatic hydroxyl groups excluding tert-OH is 1. The maximum atomic E-state index is 13.0. The van der Waals surface area contributed by atoms with Crippen LogP contribution in [0.1, 0.15) is 27.8 Å². The van der Waals surface area contributed by atoms with Gasteiger partial charge in [-0.15, -0.1) is 11.3 Å². The molecule has 43 heavy (non-hydrogen) atoms. The molecule has 0 unspecified atom stereocenters. The van der Waals surface area contributed by atoms with Crippen molar-refractivity contribution in [3.8, 4) is 11.5 Å². The molecule has 2 aromatic heterocycles. The topological polar surface area (TPSA) is 104 Å². The van der Waals surface area contributed by atoms with E-state index in [0.717, 1.165) is 50.5 Å². The number of hydrogen-bond donors (Lipinski definition) is 3. The van der Waals surface area contributed by atoms with E-state index in [9.17, 15) is 13.5 Å². The van der Waals surface area contributed by atoms with Gasteiger partial charge in [-0.1, -0.05) is 72.8 Å². The Morgan fingerprint density at radius 3 is 2.35 bits per heavy atom. The Kier molecular flexibility index (Phi) is 8.67. The van der Waals surface area contributed by atoms with Gasteiger partial charge in [0.2, 0.25) is 0 Å². The number of para-hydroxylation sites is 1. The van der Waals surface area contributed by atoms with E-state index in [1.807, 2.05) is 90.3 Å². The summed E-state index contributed by atoms with van der Waals surface area (Å²) in [5, 5.41) is 17.5. The molecule has 7 nitrogen and oxygen atoms in total. The molecule has 6 rings (SSSR count). The summed E-state index contributed by atoms with van der Waals surface area (Å²) in [6.45, 7) is 1.16. The zero-order valence-electron chi connectivity index (χ0n) is 23.3. The lowest BCUT2D eigenvalue weighted by atomic mass is 10.1. The molecule has 3 N–H and O–H groups in total. The van der Waals surface area contributed by atoms with Crippen LogP contribution in [0.3, 0.4) is 0 Å². The number of fused-ring (bicyclic) bond motifs is 1. The van der Waals surface area contributed by atoms with Crippen LogP contribution in [-0.4, -0.2) is 31.6 Å². The predicted octanol–water partition coefficient (Wildman–Crippen LogP) is 6.81. The third kappa shape index (κ3) is 7.21.